The Morgan fingerprint density at radius 2 is 1.95 bits per heavy atom. The first-order valence-corrected chi connectivity index (χ1v) is 5.86. The first kappa shape index (κ1) is 13.0. The Morgan fingerprint density at radius 3 is 2.53 bits per heavy atom. The number of aliphatic hydroxyl groups is 1. The second-order valence-corrected chi connectivity index (χ2v) is 4.06. The van der Waals surface area contributed by atoms with Crippen LogP contribution in [0.3, 0.4) is 0 Å². The summed E-state index contributed by atoms with van der Waals surface area (Å²) in [5.74, 6) is -0.348. The highest BCUT2D eigenvalue weighted by atomic mass is 16.3. The number of pyridine rings is 1. The molecule has 0 aliphatic rings. The normalized spacial score (nSPS) is 11.8. The largest absolute Gasteiger partial charge is 0.394 e. The van der Waals surface area contributed by atoms with Crippen LogP contribution in [-0.2, 0) is 0 Å². The summed E-state index contributed by atoms with van der Waals surface area (Å²) in [6, 6.07) is 11.4. The average molecular weight is 258 g/mol. The molecule has 0 saturated carbocycles. The topological polar surface area (TPSA) is 82.2 Å². The molecule has 0 radical (unpaired) electrons. The number of hydrogen-bond donors (Lipinski definition) is 3. The Kier molecular flexibility index (Phi) is 4.10. The fourth-order valence-corrected chi connectivity index (χ4v) is 1.71. The second kappa shape index (κ2) is 5.97. The molecule has 19 heavy (non-hydrogen) atoms. The van der Waals surface area contributed by atoms with Crippen molar-refractivity contribution < 1.29 is 9.90 Å². The van der Waals surface area contributed by atoms with E-state index in [2.05, 4.69) is 10.3 Å². The van der Waals surface area contributed by atoms with Crippen LogP contribution >= 0.6 is 0 Å². The van der Waals surface area contributed by atoms with Gasteiger partial charge in [0.1, 0.15) is 0 Å². The van der Waals surface area contributed by atoms with Gasteiger partial charge in [0.15, 0.2) is 0 Å². The highest BCUT2D eigenvalue weighted by molar-refractivity contribution is 5.94. The van der Waals surface area contributed by atoms with Crippen molar-refractivity contribution in [1.82, 2.24) is 10.3 Å². The van der Waals surface area contributed by atoms with E-state index in [-0.39, 0.29) is 18.1 Å². The smallest absolute Gasteiger partial charge is 0.253 e. The molecule has 3 N–H and O–H groups in total. The molecule has 0 spiro atoms. The third-order valence-electron chi connectivity index (χ3n) is 2.74. The Morgan fingerprint density at radius 1 is 1.21 bits per heavy atom. The van der Waals surface area contributed by atoms with Crippen LogP contribution < -0.4 is 10.9 Å². The number of aromatic amines is 1. The molecule has 0 fully saturated rings. The molecule has 0 aliphatic heterocycles. The van der Waals surface area contributed by atoms with Crippen LogP contribution in [0.1, 0.15) is 22.0 Å². The van der Waals surface area contributed by atoms with E-state index in [1.165, 1.54) is 18.3 Å². The Balaban J connectivity index is 2.13. The van der Waals surface area contributed by atoms with Gasteiger partial charge in [-0.3, -0.25) is 9.59 Å². The molecule has 2 rings (SSSR count). The van der Waals surface area contributed by atoms with Gasteiger partial charge in [0, 0.05) is 12.3 Å². The molecule has 0 saturated heterocycles. The molecule has 5 nitrogen and oxygen atoms in total. The van der Waals surface area contributed by atoms with Crippen molar-refractivity contribution in [1.29, 1.82) is 0 Å². The van der Waals surface area contributed by atoms with Crippen molar-refractivity contribution >= 4 is 5.91 Å². The molecule has 2 aromatic rings. The van der Waals surface area contributed by atoms with Crippen LogP contribution in [0.5, 0.6) is 0 Å². The van der Waals surface area contributed by atoms with E-state index in [4.69, 9.17) is 0 Å². The minimum absolute atomic E-state index is 0.195. The van der Waals surface area contributed by atoms with Gasteiger partial charge < -0.3 is 15.4 Å². The van der Waals surface area contributed by atoms with E-state index in [1.807, 2.05) is 30.3 Å². The molecule has 1 atom stereocenters. The zero-order valence-corrected chi connectivity index (χ0v) is 10.2. The standard InChI is InChI=1S/C14H14N2O3/c17-9-12(10-4-2-1-3-5-10)16-14(19)11-6-7-13(18)15-8-11/h1-8,12,17H,9H2,(H,15,18)(H,16,19). The van der Waals surface area contributed by atoms with Crippen LogP contribution in [0.2, 0.25) is 0 Å². The van der Waals surface area contributed by atoms with E-state index >= 15 is 0 Å². The maximum absolute atomic E-state index is 12.0. The number of rotatable bonds is 4. The van der Waals surface area contributed by atoms with E-state index < -0.39 is 6.04 Å². The van der Waals surface area contributed by atoms with E-state index in [0.29, 0.717) is 5.56 Å². The Hall–Kier alpha value is -2.40. The van der Waals surface area contributed by atoms with Crippen molar-refractivity contribution in [3.63, 3.8) is 0 Å². The first-order valence-electron chi connectivity index (χ1n) is 5.86. The molecule has 1 unspecified atom stereocenters. The summed E-state index contributed by atoms with van der Waals surface area (Å²) in [4.78, 5) is 25.3. The molecular weight excluding hydrogens is 244 g/mol. The molecule has 5 heteroatoms. The Bertz CT molecular complexity index is 587. The van der Waals surface area contributed by atoms with E-state index in [0.717, 1.165) is 5.56 Å². The lowest BCUT2D eigenvalue weighted by Crippen LogP contribution is -2.31. The SMILES string of the molecule is O=C(NC(CO)c1ccccc1)c1ccc(=O)[nH]c1. The summed E-state index contributed by atoms with van der Waals surface area (Å²) in [5, 5.41) is 12.1. The molecule has 0 aliphatic carbocycles. The zero-order chi connectivity index (χ0) is 13.7. The van der Waals surface area contributed by atoms with Crippen LogP contribution in [0.15, 0.2) is 53.5 Å². The van der Waals surface area contributed by atoms with Gasteiger partial charge >= 0.3 is 0 Å². The van der Waals surface area contributed by atoms with Crippen LogP contribution in [0.25, 0.3) is 0 Å². The third kappa shape index (κ3) is 3.29. The van der Waals surface area contributed by atoms with Crippen molar-refractivity contribution in [3.05, 3.63) is 70.1 Å². The van der Waals surface area contributed by atoms with Crippen molar-refractivity contribution in [2.24, 2.45) is 0 Å². The predicted molar refractivity (Wildman–Crippen MR) is 70.8 cm³/mol. The number of carbonyl (C=O) groups excluding carboxylic acids is 1. The summed E-state index contributed by atoms with van der Waals surface area (Å²) in [5.41, 5.74) is 0.898. The highest BCUT2D eigenvalue weighted by Gasteiger charge is 2.14. The minimum atomic E-state index is -0.472. The molecule has 1 aromatic carbocycles. The van der Waals surface area contributed by atoms with E-state index in [9.17, 15) is 14.7 Å². The maximum atomic E-state index is 12.0. The summed E-state index contributed by atoms with van der Waals surface area (Å²) in [6.07, 6.45) is 1.34. The van der Waals surface area contributed by atoms with Gasteiger partial charge in [-0.25, -0.2) is 0 Å². The van der Waals surface area contributed by atoms with Crippen LogP contribution in [0, 0.1) is 0 Å². The van der Waals surface area contributed by atoms with Crippen LogP contribution in [0.4, 0.5) is 0 Å². The van der Waals surface area contributed by atoms with Gasteiger partial charge in [-0.2, -0.15) is 0 Å². The molecule has 1 aromatic heterocycles. The van der Waals surface area contributed by atoms with Gasteiger partial charge in [0.2, 0.25) is 5.56 Å². The summed E-state index contributed by atoms with van der Waals surface area (Å²) < 4.78 is 0. The van der Waals surface area contributed by atoms with Gasteiger partial charge in [-0.15, -0.1) is 0 Å². The molecular formula is C14H14N2O3. The first-order chi connectivity index (χ1) is 9.20. The summed E-state index contributed by atoms with van der Waals surface area (Å²) in [6.45, 7) is -0.195. The molecule has 1 amide bonds. The Labute approximate surface area is 109 Å². The molecule has 0 bridgehead atoms. The summed E-state index contributed by atoms with van der Waals surface area (Å²) >= 11 is 0. The quantitative estimate of drug-likeness (QED) is 0.760. The number of benzene rings is 1. The lowest BCUT2D eigenvalue weighted by Gasteiger charge is -2.16. The lowest BCUT2D eigenvalue weighted by atomic mass is 10.1. The van der Waals surface area contributed by atoms with Crippen LogP contribution in [-0.4, -0.2) is 22.6 Å². The third-order valence-corrected chi connectivity index (χ3v) is 2.74. The number of amides is 1. The van der Waals surface area contributed by atoms with Gasteiger partial charge in [0.05, 0.1) is 18.2 Å². The number of H-pyrrole nitrogens is 1. The monoisotopic (exact) mass is 258 g/mol. The molecule has 1 heterocycles. The summed E-state index contributed by atoms with van der Waals surface area (Å²) in [7, 11) is 0. The second-order valence-electron chi connectivity index (χ2n) is 4.06. The maximum Gasteiger partial charge on any atom is 0.253 e. The highest BCUT2D eigenvalue weighted by Crippen LogP contribution is 2.12. The van der Waals surface area contributed by atoms with Gasteiger partial charge in [-0.1, -0.05) is 30.3 Å². The predicted octanol–water partition coefficient (Wildman–Crippen LogP) is 0.838. The van der Waals surface area contributed by atoms with Crippen molar-refractivity contribution in [2.45, 2.75) is 6.04 Å². The van der Waals surface area contributed by atoms with E-state index in [1.54, 1.807) is 0 Å². The number of hydrogen-bond acceptors (Lipinski definition) is 3. The molecule has 98 valence electrons. The number of carbonyl (C=O) groups is 1. The van der Waals surface area contributed by atoms with Crippen molar-refractivity contribution in [3.8, 4) is 0 Å². The number of nitrogens with one attached hydrogen (secondary N) is 2. The fourth-order valence-electron chi connectivity index (χ4n) is 1.71. The minimum Gasteiger partial charge on any atom is -0.394 e. The average Bonchev–Trinajstić information content (AvgIpc) is 2.46. The lowest BCUT2D eigenvalue weighted by molar-refractivity contribution is 0.0916. The zero-order valence-electron chi connectivity index (χ0n) is 10.2. The van der Waals surface area contributed by atoms with Crippen molar-refractivity contribution in [2.75, 3.05) is 6.61 Å². The number of aliphatic hydroxyl groups excluding tert-OH is 1. The van der Waals surface area contributed by atoms with Gasteiger partial charge in [-0.05, 0) is 11.6 Å². The fraction of sp³-hybridized carbons (Fsp3) is 0.143. The van der Waals surface area contributed by atoms with Gasteiger partial charge in [0.25, 0.3) is 5.91 Å². The number of aromatic nitrogens is 1.